The van der Waals surface area contributed by atoms with Crippen molar-refractivity contribution in [2.24, 2.45) is 12.8 Å². The molecule has 2 aromatic rings. The number of nitrogens with one attached hydrogen (secondary N) is 1. The smallest absolute Gasteiger partial charge is 0.242 e. The largest absolute Gasteiger partial charge is 0.496 e. The Morgan fingerprint density at radius 2 is 2.12 bits per heavy atom. The normalized spacial score (nSPS) is 11.6. The number of nitrogens with two attached hydrogens (primary N) is 1. The molecular weight excluding hydrogens is 360 g/mol. The summed E-state index contributed by atoms with van der Waals surface area (Å²) in [4.78, 5) is 12.4. The van der Waals surface area contributed by atoms with Gasteiger partial charge in [-0.15, -0.1) is 12.4 Å². The molecule has 6 nitrogen and oxygen atoms in total. The van der Waals surface area contributed by atoms with E-state index in [1.807, 2.05) is 37.4 Å². The van der Waals surface area contributed by atoms with Crippen molar-refractivity contribution >= 4 is 35.9 Å². The van der Waals surface area contributed by atoms with Crippen molar-refractivity contribution in [3.63, 3.8) is 0 Å². The molecule has 8 heteroatoms. The van der Waals surface area contributed by atoms with Crippen LogP contribution < -0.4 is 15.8 Å². The van der Waals surface area contributed by atoms with Crippen LogP contribution in [0.3, 0.4) is 0 Å². The predicted octanol–water partition coefficient (Wildman–Crippen LogP) is 2.84. The Hall–Kier alpha value is -1.70. The van der Waals surface area contributed by atoms with Crippen molar-refractivity contribution in [3.8, 4) is 16.9 Å². The number of aromatic nitrogens is 2. The number of ether oxygens (including phenoxy) is 1. The Morgan fingerprint density at radius 1 is 1.44 bits per heavy atom. The molecule has 1 heterocycles. The first-order chi connectivity index (χ1) is 11.5. The molecule has 0 aliphatic heterocycles. The molecule has 0 saturated heterocycles. The molecule has 1 amide bonds. The fourth-order valence-electron chi connectivity index (χ4n) is 2.56. The van der Waals surface area contributed by atoms with E-state index in [-0.39, 0.29) is 18.3 Å². The highest BCUT2D eigenvalue weighted by atomic mass is 35.5. The third-order valence-corrected chi connectivity index (χ3v) is 4.45. The van der Waals surface area contributed by atoms with E-state index in [9.17, 15) is 4.79 Å². The van der Waals surface area contributed by atoms with E-state index in [1.165, 1.54) is 0 Å². The van der Waals surface area contributed by atoms with Gasteiger partial charge in [-0.2, -0.15) is 16.9 Å². The van der Waals surface area contributed by atoms with Gasteiger partial charge in [0.2, 0.25) is 5.91 Å². The summed E-state index contributed by atoms with van der Waals surface area (Å²) in [6.07, 6.45) is 2.63. The maximum Gasteiger partial charge on any atom is 0.242 e. The van der Waals surface area contributed by atoms with E-state index in [0.29, 0.717) is 12.2 Å². The average molecular weight is 385 g/mol. The summed E-state index contributed by atoms with van der Waals surface area (Å²) in [7, 11) is 3.43. The van der Waals surface area contributed by atoms with Crippen molar-refractivity contribution in [2.75, 3.05) is 24.4 Å². The van der Waals surface area contributed by atoms with Crippen LogP contribution in [0.1, 0.15) is 12.1 Å². The van der Waals surface area contributed by atoms with E-state index in [0.717, 1.165) is 28.3 Å². The second-order valence-corrected chi connectivity index (χ2v) is 6.50. The zero-order valence-corrected chi connectivity index (χ0v) is 16.5. The number of nitrogens with zero attached hydrogens (tertiary/aromatic N) is 2. The number of aryl methyl sites for hydroxylation is 2. The van der Waals surface area contributed by atoms with Gasteiger partial charge in [-0.25, -0.2) is 0 Å². The monoisotopic (exact) mass is 384 g/mol. The van der Waals surface area contributed by atoms with Gasteiger partial charge in [-0.1, -0.05) is 18.2 Å². The number of methoxy groups -OCH3 is 1. The molecule has 0 unspecified atom stereocenters. The van der Waals surface area contributed by atoms with Gasteiger partial charge in [0.1, 0.15) is 11.6 Å². The van der Waals surface area contributed by atoms with Gasteiger partial charge in [0.25, 0.3) is 0 Å². The summed E-state index contributed by atoms with van der Waals surface area (Å²) >= 11 is 1.67. The minimum atomic E-state index is -0.543. The van der Waals surface area contributed by atoms with Crippen LogP contribution in [-0.2, 0) is 11.8 Å². The zero-order chi connectivity index (χ0) is 17.7. The van der Waals surface area contributed by atoms with Crippen LogP contribution in [0.5, 0.6) is 5.75 Å². The van der Waals surface area contributed by atoms with Crippen molar-refractivity contribution in [1.29, 1.82) is 0 Å². The number of halogens is 1. The molecule has 0 bridgehead atoms. The van der Waals surface area contributed by atoms with E-state index >= 15 is 0 Å². The van der Waals surface area contributed by atoms with E-state index in [2.05, 4.69) is 10.4 Å². The number of carbonyl (C=O) groups is 1. The number of carbonyl (C=O) groups excluding carboxylic acids is 1. The summed E-state index contributed by atoms with van der Waals surface area (Å²) in [6.45, 7) is 1.91. The first-order valence-electron chi connectivity index (χ1n) is 7.72. The molecule has 138 valence electrons. The Bertz CT molecular complexity index is 721. The van der Waals surface area contributed by atoms with Gasteiger partial charge in [0.05, 0.1) is 24.4 Å². The van der Waals surface area contributed by atoms with E-state index < -0.39 is 6.04 Å². The number of anilines is 1. The molecule has 0 aliphatic carbocycles. The van der Waals surface area contributed by atoms with Gasteiger partial charge in [0, 0.05) is 12.6 Å². The van der Waals surface area contributed by atoms with Gasteiger partial charge >= 0.3 is 0 Å². The van der Waals surface area contributed by atoms with Gasteiger partial charge in [-0.05, 0) is 31.4 Å². The maximum absolute atomic E-state index is 12.4. The quantitative estimate of drug-likeness (QED) is 0.767. The van der Waals surface area contributed by atoms with Crippen LogP contribution in [0.4, 0.5) is 5.82 Å². The van der Waals surface area contributed by atoms with Gasteiger partial charge in [0.15, 0.2) is 0 Å². The molecule has 1 aromatic carbocycles. The fraction of sp³-hybridized carbons (Fsp3) is 0.412. The third-order valence-electron chi connectivity index (χ3n) is 3.81. The SMILES string of the molecule is COc1ccccc1-c1c(C)nn(C)c1NC(=O)[C@@H](N)CCSC.Cl. The highest BCUT2D eigenvalue weighted by Gasteiger charge is 2.22. The lowest BCUT2D eigenvalue weighted by molar-refractivity contribution is -0.117. The van der Waals surface area contributed by atoms with Crippen molar-refractivity contribution in [1.82, 2.24) is 9.78 Å². The standard InChI is InChI=1S/C17H24N4O2S.ClH/c1-11-15(12-7-5-6-8-14(12)23-3)16(21(2)20-11)19-17(22)13(18)9-10-24-4;/h5-8,13H,9-10,18H2,1-4H3,(H,19,22);1H/t13-;/m0./s1. The molecule has 3 N–H and O–H groups in total. The van der Waals surface area contributed by atoms with Crippen LogP contribution in [-0.4, -0.2) is 40.8 Å². The number of hydrogen-bond acceptors (Lipinski definition) is 5. The minimum Gasteiger partial charge on any atom is -0.496 e. The summed E-state index contributed by atoms with van der Waals surface area (Å²) < 4.78 is 7.11. The van der Waals surface area contributed by atoms with Crippen LogP contribution in [0.2, 0.25) is 0 Å². The molecular formula is C17H25ClN4O2S. The first kappa shape index (κ1) is 21.3. The number of amides is 1. The average Bonchev–Trinajstić information content (AvgIpc) is 2.85. The van der Waals surface area contributed by atoms with Crippen molar-refractivity contribution in [2.45, 2.75) is 19.4 Å². The molecule has 1 aromatic heterocycles. The summed E-state index contributed by atoms with van der Waals surface area (Å²) in [5, 5.41) is 7.37. The predicted molar refractivity (Wildman–Crippen MR) is 107 cm³/mol. The Morgan fingerprint density at radius 3 is 2.76 bits per heavy atom. The van der Waals surface area contributed by atoms with Crippen LogP contribution in [0, 0.1) is 6.92 Å². The van der Waals surface area contributed by atoms with Crippen LogP contribution in [0.25, 0.3) is 11.1 Å². The minimum absolute atomic E-state index is 0. The topological polar surface area (TPSA) is 82.2 Å². The molecule has 2 rings (SSSR count). The second kappa shape index (κ2) is 9.70. The number of thioether (sulfide) groups is 1. The van der Waals surface area contributed by atoms with Crippen LogP contribution >= 0.6 is 24.2 Å². The summed E-state index contributed by atoms with van der Waals surface area (Å²) in [6, 6.07) is 7.13. The van der Waals surface area contributed by atoms with E-state index in [4.69, 9.17) is 10.5 Å². The number of benzene rings is 1. The lowest BCUT2D eigenvalue weighted by Gasteiger charge is -2.14. The molecule has 1 atom stereocenters. The Kier molecular flexibility index (Phi) is 8.28. The highest BCUT2D eigenvalue weighted by Crippen LogP contribution is 2.37. The molecule has 0 spiro atoms. The fourth-order valence-corrected chi connectivity index (χ4v) is 3.05. The third kappa shape index (κ3) is 4.90. The maximum atomic E-state index is 12.4. The molecule has 0 radical (unpaired) electrons. The molecule has 0 fully saturated rings. The van der Waals surface area contributed by atoms with Crippen LogP contribution in [0.15, 0.2) is 24.3 Å². The van der Waals surface area contributed by atoms with Gasteiger partial charge in [-0.3, -0.25) is 9.48 Å². The van der Waals surface area contributed by atoms with E-state index in [1.54, 1.807) is 30.6 Å². The Labute approximate surface area is 158 Å². The second-order valence-electron chi connectivity index (χ2n) is 5.51. The first-order valence-corrected chi connectivity index (χ1v) is 9.11. The summed E-state index contributed by atoms with van der Waals surface area (Å²) in [5.74, 6) is 2.00. The lowest BCUT2D eigenvalue weighted by atomic mass is 10.0. The van der Waals surface area contributed by atoms with Gasteiger partial charge < -0.3 is 15.8 Å². The molecule has 0 saturated carbocycles. The summed E-state index contributed by atoms with van der Waals surface area (Å²) in [5.41, 5.74) is 8.52. The zero-order valence-electron chi connectivity index (χ0n) is 14.9. The number of rotatable bonds is 7. The Balaban J connectivity index is 0.00000312. The molecule has 0 aliphatic rings. The lowest BCUT2D eigenvalue weighted by Crippen LogP contribution is -2.36. The number of para-hydroxylation sites is 1. The molecule has 25 heavy (non-hydrogen) atoms. The van der Waals surface area contributed by atoms with Crippen molar-refractivity contribution in [3.05, 3.63) is 30.0 Å². The number of hydrogen-bond donors (Lipinski definition) is 2. The van der Waals surface area contributed by atoms with Crippen molar-refractivity contribution < 1.29 is 9.53 Å². The highest BCUT2D eigenvalue weighted by molar-refractivity contribution is 7.98.